The number of allylic oxidation sites excluding steroid dienone is 10. The average molecular weight is 952 g/mol. The van der Waals surface area contributed by atoms with Gasteiger partial charge < -0.3 is 14.2 Å². The zero-order chi connectivity index (χ0) is 49.3. The van der Waals surface area contributed by atoms with E-state index in [4.69, 9.17) is 14.2 Å². The van der Waals surface area contributed by atoms with Crippen molar-refractivity contribution in [3.63, 3.8) is 0 Å². The molecule has 6 heteroatoms. The number of ether oxygens (including phenoxy) is 3. The first-order chi connectivity index (χ1) is 33.5. The lowest BCUT2D eigenvalue weighted by atomic mass is 10.0. The monoisotopic (exact) mass is 951 g/mol. The Bertz CT molecular complexity index is 1230. The summed E-state index contributed by atoms with van der Waals surface area (Å²) in [6, 6.07) is 0. The minimum atomic E-state index is -0.767. The Morgan fingerprint density at radius 2 is 0.574 bits per heavy atom. The van der Waals surface area contributed by atoms with Crippen LogP contribution < -0.4 is 0 Å². The molecule has 0 rings (SSSR count). The highest BCUT2D eigenvalue weighted by molar-refractivity contribution is 5.71. The molecule has 0 spiro atoms. The van der Waals surface area contributed by atoms with E-state index in [0.29, 0.717) is 19.3 Å². The smallest absolute Gasteiger partial charge is 0.306 e. The van der Waals surface area contributed by atoms with Crippen molar-refractivity contribution in [3.05, 3.63) is 60.8 Å². The van der Waals surface area contributed by atoms with E-state index in [2.05, 4.69) is 81.5 Å². The highest BCUT2D eigenvalue weighted by Gasteiger charge is 2.19. The number of carbonyl (C=O) groups is 3. The Hall–Kier alpha value is -2.89. The van der Waals surface area contributed by atoms with Gasteiger partial charge in [0, 0.05) is 19.3 Å². The maximum atomic E-state index is 12.8. The molecule has 0 fully saturated rings. The fourth-order valence-electron chi connectivity index (χ4n) is 8.41. The highest BCUT2D eigenvalue weighted by Crippen LogP contribution is 2.16. The van der Waals surface area contributed by atoms with Gasteiger partial charge in [0.1, 0.15) is 13.2 Å². The standard InChI is InChI=1S/C62H110O6/c1-4-7-10-13-16-19-21-23-24-25-26-27-28-29-30-31-32-33-34-35-36-37-38-40-41-43-46-49-52-55-61(64)67-58-59(57-66-60(63)54-51-48-45-18-15-12-9-6-3)68-62(65)56-53-50-47-44-42-39-22-20-17-14-11-8-5-2/h7,10,16,19,23-24,26-27,29-30,59H,4-6,8-9,11-15,17-18,20-22,25,28,31-58H2,1-3H3/b10-7-,19-16-,24-23-,27-26-,30-29-. The van der Waals surface area contributed by atoms with E-state index in [1.54, 1.807) is 0 Å². The first-order valence-electron chi connectivity index (χ1n) is 29.3. The molecule has 0 aliphatic rings. The molecule has 0 bridgehead atoms. The lowest BCUT2D eigenvalue weighted by molar-refractivity contribution is -0.167. The fourth-order valence-corrected chi connectivity index (χ4v) is 8.41. The number of carbonyl (C=O) groups excluding carboxylic acids is 3. The van der Waals surface area contributed by atoms with Crippen LogP contribution in [0.3, 0.4) is 0 Å². The van der Waals surface area contributed by atoms with E-state index in [9.17, 15) is 14.4 Å². The third-order valence-corrected chi connectivity index (χ3v) is 12.8. The molecule has 0 radical (unpaired) electrons. The van der Waals surface area contributed by atoms with Gasteiger partial charge in [-0.25, -0.2) is 0 Å². The Morgan fingerprint density at radius 1 is 0.309 bits per heavy atom. The zero-order valence-electron chi connectivity index (χ0n) is 45.1. The molecule has 0 aromatic heterocycles. The van der Waals surface area contributed by atoms with E-state index in [0.717, 1.165) is 89.9 Å². The van der Waals surface area contributed by atoms with Crippen molar-refractivity contribution in [2.75, 3.05) is 13.2 Å². The number of unbranched alkanes of at least 4 members (excludes halogenated alkanes) is 32. The third-order valence-electron chi connectivity index (χ3n) is 12.8. The number of esters is 3. The number of hydrogen-bond acceptors (Lipinski definition) is 6. The summed E-state index contributed by atoms with van der Waals surface area (Å²) < 4.78 is 16.8. The van der Waals surface area contributed by atoms with E-state index in [1.807, 2.05) is 0 Å². The summed E-state index contributed by atoms with van der Waals surface area (Å²) in [4.78, 5) is 37.9. The quantitative estimate of drug-likeness (QED) is 0.0262. The molecule has 0 saturated carbocycles. The van der Waals surface area contributed by atoms with Crippen LogP contribution in [0.2, 0.25) is 0 Å². The van der Waals surface area contributed by atoms with Gasteiger partial charge in [-0.15, -0.1) is 0 Å². The summed E-state index contributed by atoms with van der Waals surface area (Å²) in [5.41, 5.74) is 0. The van der Waals surface area contributed by atoms with Gasteiger partial charge in [0.25, 0.3) is 0 Å². The maximum absolute atomic E-state index is 12.8. The molecule has 0 N–H and O–H groups in total. The summed E-state index contributed by atoms with van der Waals surface area (Å²) >= 11 is 0. The molecular weight excluding hydrogens is 841 g/mol. The molecular formula is C62H110O6. The lowest BCUT2D eigenvalue weighted by Crippen LogP contribution is -2.30. The van der Waals surface area contributed by atoms with Crippen molar-refractivity contribution in [2.24, 2.45) is 0 Å². The third kappa shape index (κ3) is 54.1. The van der Waals surface area contributed by atoms with Crippen molar-refractivity contribution in [2.45, 2.75) is 303 Å². The fraction of sp³-hybridized carbons (Fsp3) is 0.790. The van der Waals surface area contributed by atoms with Crippen molar-refractivity contribution in [1.29, 1.82) is 0 Å². The maximum Gasteiger partial charge on any atom is 0.306 e. The molecule has 0 aliphatic heterocycles. The Labute approximate surface area is 421 Å². The molecule has 6 nitrogen and oxygen atoms in total. The Kier molecular flexibility index (Phi) is 54.3. The van der Waals surface area contributed by atoms with Crippen molar-refractivity contribution < 1.29 is 28.6 Å². The SMILES string of the molecule is CC/C=C\C/C=C\C/C=C\C/C=C\C/C=C\CCCCCCCCCCCCCCCC(=O)OCC(COC(=O)CCCCCCCCCC)OC(=O)CCCCCCCCCCCCCCC. The second-order valence-electron chi connectivity index (χ2n) is 19.5. The number of hydrogen-bond donors (Lipinski definition) is 0. The summed E-state index contributed by atoms with van der Waals surface area (Å²) in [6.07, 6.45) is 70.9. The molecule has 394 valence electrons. The van der Waals surface area contributed by atoms with Gasteiger partial charge in [-0.1, -0.05) is 274 Å². The predicted molar refractivity (Wildman–Crippen MR) is 293 cm³/mol. The average Bonchev–Trinajstić information content (AvgIpc) is 3.34. The van der Waals surface area contributed by atoms with Crippen molar-refractivity contribution in [3.8, 4) is 0 Å². The van der Waals surface area contributed by atoms with Crippen LogP contribution in [0.1, 0.15) is 297 Å². The first kappa shape index (κ1) is 65.1. The van der Waals surface area contributed by atoms with Gasteiger partial charge in [0.05, 0.1) is 0 Å². The van der Waals surface area contributed by atoms with E-state index < -0.39 is 6.10 Å². The first-order valence-corrected chi connectivity index (χ1v) is 29.3. The number of rotatable bonds is 53. The minimum Gasteiger partial charge on any atom is -0.462 e. The molecule has 0 aromatic carbocycles. The summed E-state index contributed by atoms with van der Waals surface area (Å²) in [5, 5.41) is 0. The van der Waals surface area contributed by atoms with Crippen LogP contribution in [0, 0.1) is 0 Å². The molecule has 0 saturated heterocycles. The van der Waals surface area contributed by atoms with Gasteiger partial charge in [-0.2, -0.15) is 0 Å². The molecule has 0 aromatic rings. The normalized spacial score (nSPS) is 12.5. The van der Waals surface area contributed by atoms with Crippen LogP contribution in [0.15, 0.2) is 60.8 Å². The largest absolute Gasteiger partial charge is 0.462 e. The van der Waals surface area contributed by atoms with Crippen LogP contribution in [0.4, 0.5) is 0 Å². The zero-order valence-corrected chi connectivity index (χ0v) is 45.1. The molecule has 0 aliphatic carbocycles. The second-order valence-corrected chi connectivity index (χ2v) is 19.5. The Balaban J connectivity index is 4.09. The van der Waals surface area contributed by atoms with Crippen LogP contribution in [0.5, 0.6) is 0 Å². The van der Waals surface area contributed by atoms with Crippen molar-refractivity contribution in [1.82, 2.24) is 0 Å². The van der Waals surface area contributed by atoms with Crippen LogP contribution in [-0.2, 0) is 28.6 Å². The van der Waals surface area contributed by atoms with Crippen molar-refractivity contribution >= 4 is 17.9 Å². The molecule has 1 atom stereocenters. The predicted octanol–water partition coefficient (Wildman–Crippen LogP) is 19.6. The summed E-state index contributed by atoms with van der Waals surface area (Å²) in [7, 11) is 0. The summed E-state index contributed by atoms with van der Waals surface area (Å²) in [5.74, 6) is -0.863. The Morgan fingerprint density at radius 3 is 0.897 bits per heavy atom. The highest BCUT2D eigenvalue weighted by atomic mass is 16.6. The van der Waals surface area contributed by atoms with Gasteiger partial charge >= 0.3 is 17.9 Å². The van der Waals surface area contributed by atoms with E-state index >= 15 is 0 Å². The molecule has 0 amide bonds. The lowest BCUT2D eigenvalue weighted by Gasteiger charge is -2.18. The van der Waals surface area contributed by atoms with Crippen LogP contribution in [-0.4, -0.2) is 37.2 Å². The van der Waals surface area contributed by atoms with Gasteiger partial charge in [0.2, 0.25) is 0 Å². The van der Waals surface area contributed by atoms with Gasteiger partial charge in [0.15, 0.2) is 6.10 Å². The molecule has 0 heterocycles. The van der Waals surface area contributed by atoms with Crippen LogP contribution >= 0.6 is 0 Å². The second kappa shape index (κ2) is 56.7. The topological polar surface area (TPSA) is 78.9 Å². The van der Waals surface area contributed by atoms with E-state index in [1.165, 1.54) is 167 Å². The minimum absolute atomic E-state index is 0.0695. The van der Waals surface area contributed by atoms with Crippen LogP contribution in [0.25, 0.3) is 0 Å². The van der Waals surface area contributed by atoms with Gasteiger partial charge in [-0.3, -0.25) is 14.4 Å². The molecule has 1 unspecified atom stereocenters. The van der Waals surface area contributed by atoms with E-state index in [-0.39, 0.29) is 31.1 Å². The summed E-state index contributed by atoms with van der Waals surface area (Å²) in [6.45, 7) is 6.52. The molecule has 68 heavy (non-hydrogen) atoms. The van der Waals surface area contributed by atoms with Gasteiger partial charge in [-0.05, 0) is 64.2 Å².